The summed E-state index contributed by atoms with van der Waals surface area (Å²) >= 11 is 0. The maximum atomic E-state index is 10.7. The number of rotatable bonds is 2. The lowest BCUT2D eigenvalue weighted by atomic mass is 10.1. The second-order valence-corrected chi connectivity index (χ2v) is 3.57. The number of nitrogens with zero attached hydrogens (tertiary/aromatic N) is 2. The lowest BCUT2D eigenvalue weighted by Gasteiger charge is -2.07. The molecule has 17 heavy (non-hydrogen) atoms. The monoisotopic (exact) mass is 232 g/mol. The number of hydrogen-bond acceptors (Lipinski definition) is 3. The van der Waals surface area contributed by atoms with E-state index in [0.29, 0.717) is 11.4 Å². The van der Waals surface area contributed by atoms with Gasteiger partial charge in [0.15, 0.2) is 0 Å². The van der Waals surface area contributed by atoms with Gasteiger partial charge in [-0.2, -0.15) is 0 Å². The molecule has 0 bridgehead atoms. The molecule has 1 heterocycles. The molecule has 2 rings (SSSR count). The van der Waals surface area contributed by atoms with Gasteiger partial charge in [-0.25, -0.2) is 9.78 Å². The first kappa shape index (κ1) is 11.0. The summed E-state index contributed by atoms with van der Waals surface area (Å²) in [5, 5.41) is 8.80. The standard InChI is InChI=1S/C11H12N4O2/c1-15(11(16)17)10-13-6-9(14-10)7-2-4-8(12)5-3-7/h2-6H,12H2,1H3,(H,13,14)(H,16,17). The molecule has 1 aromatic carbocycles. The molecular formula is C11H12N4O2. The predicted molar refractivity (Wildman–Crippen MR) is 64.9 cm³/mol. The SMILES string of the molecule is CN(C(=O)O)c1nc(-c2ccc(N)cc2)c[nH]1. The average Bonchev–Trinajstić information content (AvgIpc) is 2.78. The summed E-state index contributed by atoms with van der Waals surface area (Å²) in [7, 11) is 1.42. The number of nitrogens with two attached hydrogens (primary N) is 1. The Bertz CT molecular complexity index is 533. The highest BCUT2D eigenvalue weighted by molar-refractivity contribution is 5.83. The van der Waals surface area contributed by atoms with Crippen LogP contribution in [0.25, 0.3) is 11.3 Å². The fourth-order valence-electron chi connectivity index (χ4n) is 1.38. The average molecular weight is 232 g/mol. The smallest absolute Gasteiger partial charge is 0.413 e. The quantitative estimate of drug-likeness (QED) is 0.687. The lowest BCUT2D eigenvalue weighted by molar-refractivity contribution is 0.203. The number of aromatic amines is 1. The maximum Gasteiger partial charge on any atom is 0.413 e. The number of H-pyrrole nitrogens is 1. The van der Waals surface area contributed by atoms with Crippen molar-refractivity contribution in [2.45, 2.75) is 0 Å². The molecule has 0 aliphatic heterocycles. The third-order valence-electron chi connectivity index (χ3n) is 2.38. The van der Waals surface area contributed by atoms with E-state index in [1.54, 1.807) is 18.3 Å². The first-order chi connectivity index (χ1) is 8.08. The molecule has 1 amide bonds. The van der Waals surface area contributed by atoms with Crippen LogP contribution in [0.4, 0.5) is 16.4 Å². The Hall–Kier alpha value is -2.50. The number of amides is 1. The van der Waals surface area contributed by atoms with Crippen LogP contribution >= 0.6 is 0 Å². The summed E-state index contributed by atoms with van der Waals surface area (Å²) in [4.78, 5) is 18.7. The Kier molecular flexibility index (Phi) is 2.70. The number of aromatic nitrogens is 2. The van der Waals surface area contributed by atoms with Crippen molar-refractivity contribution in [3.05, 3.63) is 30.5 Å². The minimum Gasteiger partial charge on any atom is -0.465 e. The second kappa shape index (κ2) is 4.17. The van der Waals surface area contributed by atoms with E-state index in [9.17, 15) is 4.79 Å². The Balaban J connectivity index is 2.29. The second-order valence-electron chi connectivity index (χ2n) is 3.57. The van der Waals surface area contributed by atoms with Crippen LogP contribution in [0, 0.1) is 0 Å². The van der Waals surface area contributed by atoms with Crippen molar-refractivity contribution in [1.29, 1.82) is 0 Å². The molecule has 0 saturated carbocycles. The molecule has 6 heteroatoms. The van der Waals surface area contributed by atoms with Crippen LogP contribution in [0.2, 0.25) is 0 Å². The van der Waals surface area contributed by atoms with Gasteiger partial charge in [-0.3, -0.25) is 4.90 Å². The third-order valence-corrected chi connectivity index (χ3v) is 2.38. The van der Waals surface area contributed by atoms with E-state index in [-0.39, 0.29) is 5.95 Å². The number of anilines is 2. The Morgan fingerprint density at radius 3 is 2.65 bits per heavy atom. The largest absolute Gasteiger partial charge is 0.465 e. The lowest BCUT2D eigenvalue weighted by Crippen LogP contribution is -2.24. The zero-order valence-corrected chi connectivity index (χ0v) is 9.21. The summed E-state index contributed by atoms with van der Waals surface area (Å²) in [5.74, 6) is 0.282. The van der Waals surface area contributed by atoms with Gasteiger partial charge in [0.25, 0.3) is 0 Å². The fourth-order valence-corrected chi connectivity index (χ4v) is 1.38. The van der Waals surface area contributed by atoms with E-state index in [4.69, 9.17) is 10.8 Å². The van der Waals surface area contributed by atoms with Crippen LogP contribution in [-0.2, 0) is 0 Å². The molecule has 0 unspecified atom stereocenters. The van der Waals surface area contributed by atoms with E-state index < -0.39 is 6.09 Å². The van der Waals surface area contributed by atoms with E-state index in [2.05, 4.69) is 9.97 Å². The van der Waals surface area contributed by atoms with Crippen LogP contribution in [0.3, 0.4) is 0 Å². The minimum absolute atomic E-state index is 0.282. The van der Waals surface area contributed by atoms with Gasteiger partial charge in [0.2, 0.25) is 5.95 Å². The number of imidazole rings is 1. The third kappa shape index (κ3) is 2.20. The number of nitrogens with one attached hydrogen (secondary N) is 1. The van der Waals surface area contributed by atoms with Crippen LogP contribution in [-0.4, -0.2) is 28.2 Å². The van der Waals surface area contributed by atoms with E-state index in [0.717, 1.165) is 10.5 Å². The fraction of sp³-hybridized carbons (Fsp3) is 0.0909. The normalized spacial score (nSPS) is 10.2. The van der Waals surface area contributed by atoms with Crippen molar-refractivity contribution in [1.82, 2.24) is 9.97 Å². The Morgan fingerprint density at radius 1 is 1.41 bits per heavy atom. The summed E-state index contributed by atoms with van der Waals surface area (Å²) in [5.41, 5.74) is 7.81. The van der Waals surface area contributed by atoms with Gasteiger partial charge < -0.3 is 15.8 Å². The molecule has 0 aliphatic rings. The van der Waals surface area contributed by atoms with Crippen LogP contribution < -0.4 is 10.6 Å². The zero-order chi connectivity index (χ0) is 12.4. The summed E-state index contributed by atoms with van der Waals surface area (Å²) in [6.07, 6.45) is 0.587. The minimum atomic E-state index is -1.07. The number of hydrogen-bond donors (Lipinski definition) is 3. The van der Waals surface area contributed by atoms with E-state index in [1.165, 1.54) is 7.05 Å². The number of carboxylic acid groups (broad SMARTS) is 1. The summed E-state index contributed by atoms with van der Waals surface area (Å²) in [6, 6.07) is 7.20. The van der Waals surface area contributed by atoms with Gasteiger partial charge >= 0.3 is 6.09 Å². The summed E-state index contributed by atoms with van der Waals surface area (Å²) < 4.78 is 0. The van der Waals surface area contributed by atoms with Gasteiger partial charge in [-0.05, 0) is 12.1 Å². The molecule has 88 valence electrons. The van der Waals surface area contributed by atoms with Crippen molar-refractivity contribution in [2.24, 2.45) is 0 Å². The van der Waals surface area contributed by atoms with Gasteiger partial charge in [0, 0.05) is 24.5 Å². The Morgan fingerprint density at radius 2 is 2.06 bits per heavy atom. The molecule has 0 radical (unpaired) electrons. The predicted octanol–water partition coefficient (Wildman–Crippen LogP) is 1.77. The van der Waals surface area contributed by atoms with Crippen molar-refractivity contribution >= 4 is 17.7 Å². The molecule has 1 aromatic heterocycles. The van der Waals surface area contributed by atoms with Gasteiger partial charge in [-0.1, -0.05) is 12.1 Å². The first-order valence-corrected chi connectivity index (χ1v) is 4.96. The van der Waals surface area contributed by atoms with E-state index >= 15 is 0 Å². The van der Waals surface area contributed by atoms with Gasteiger partial charge in [0.05, 0.1) is 5.69 Å². The van der Waals surface area contributed by atoms with Crippen LogP contribution in [0.5, 0.6) is 0 Å². The van der Waals surface area contributed by atoms with Crippen LogP contribution in [0.1, 0.15) is 0 Å². The molecule has 0 aliphatic carbocycles. The van der Waals surface area contributed by atoms with Crippen molar-refractivity contribution in [3.63, 3.8) is 0 Å². The molecule has 0 fully saturated rings. The molecular weight excluding hydrogens is 220 g/mol. The number of carbonyl (C=O) groups is 1. The highest BCUT2D eigenvalue weighted by Gasteiger charge is 2.12. The first-order valence-electron chi connectivity index (χ1n) is 4.96. The zero-order valence-electron chi connectivity index (χ0n) is 9.21. The van der Waals surface area contributed by atoms with E-state index in [1.807, 2.05) is 12.1 Å². The topological polar surface area (TPSA) is 95.2 Å². The highest BCUT2D eigenvalue weighted by Crippen LogP contribution is 2.20. The molecule has 6 nitrogen and oxygen atoms in total. The number of benzene rings is 1. The maximum absolute atomic E-state index is 10.7. The number of nitrogen functional groups attached to an aromatic ring is 1. The van der Waals surface area contributed by atoms with Crippen molar-refractivity contribution < 1.29 is 9.90 Å². The van der Waals surface area contributed by atoms with Crippen LogP contribution in [0.15, 0.2) is 30.5 Å². The molecule has 2 aromatic rings. The van der Waals surface area contributed by atoms with Crippen molar-refractivity contribution in [2.75, 3.05) is 17.7 Å². The molecule has 4 N–H and O–H groups in total. The van der Waals surface area contributed by atoms with Gasteiger partial charge in [0.1, 0.15) is 0 Å². The highest BCUT2D eigenvalue weighted by atomic mass is 16.4. The molecule has 0 saturated heterocycles. The molecule has 0 atom stereocenters. The summed E-state index contributed by atoms with van der Waals surface area (Å²) in [6.45, 7) is 0. The Labute approximate surface area is 97.7 Å². The molecule has 0 spiro atoms. The van der Waals surface area contributed by atoms with Crippen molar-refractivity contribution in [3.8, 4) is 11.3 Å². The van der Waals surface area contributed by atoms with Gasteiger partial charge in [-0.15, -0.1) is 0 Å².